The third-order valence-electron chi connectivity index (χ3n) is 5.89. The van der Waals surface area contributed by atoms with Crippen LogP contribution >= 0.6 is 0 Å². The van der Waals surface area contributed by atoms with Crippen molar-refractivity contribution in [3.05, 3.63) is 47.5 Å². The first-order valence-corrected chi connectivity index (χ1v) is 9.78. The average Bonchev–Trinajstić information content (AvgIpc) is 2.70. The van der Waals surface area contributed by atoms with Crippen molar-refractivity contribution in [2.24, 2.45) is 11.8 Å². The molecule has 3 nitrogen and oxygen atoms in total. The number of nitrogens with zero attached hydrogens (tertiary/aromatic N) is 1. The lowest BCUT2D eigenvalue weighted by atomic mass is 9.78. The number of esters is 1. The molecule has 0 unspecified atom stereocenters. The van der Waals surface area contributed by atoms with Crippen LogP contribution < -0.4 is 0 Å². The van der Waals surface area contributed by atoms with Gasteiger partial charge in [-0.05, 0) is 87.0 Å². The molecule has 144 valence electrons. The van der Waals surface area contributed by atoms with Crippen molar-refractivity contribution >= 4 is 5.97 Å². The quantitative estimate of drug-likeness (QED) is 0.511. The molecule has 1 aromatic carbocycles. The van der Waals surface area contributed by atoms with E-state index in [1.807, 2.05) is 12.1 Å². The van der Waals surface area contributed by atoms with Crippen LogP contribution in [0.25, 0.3) is 0 Å². The molecule has 0 bridgehead atoms. The van der Waals surface area contributed by atoms with Crippen molar-refractivity contribution < 1.29 is 18.3 Å². The molecule has 0 aromatic heterocycles. The lowest BCUT2D eigenvalue weighted by Crippen LogP contribution is -2.29. The van der Waals surface area contributed by atoms with E-state index < -0.39 is 5.83 Å². The first kappa shape index (κ1) is 19.5. The number of carbonyl (C=O) groups excluding carboxylic acids is 1. The molecule has 1 aromatic rings. The summed E-state index contributed by atoms with van der Waals surface area (Å²) in [5.41, 5.74) is 1.14. The minimum Gasteiger partial charge on any atom is -0.462 e. The van der Waals surface area contributed by atoms with Crippen molar-refractivity contribution in [2.75, 3.05) is 0 Å². The van der Waals surface area contributed by atoms with E-state index in [0.717, 1.165) is 56.9 Å². The molecule has 5 heteroatoms. The lowest BCUT2D eigenvalue weighted by Gasteiger charge is -2.31. The van der Waals surface area contributed by atoms with E-state index in [9.17, 15) is 13.6 Å². The maximum atomic E-state index is 13.1. The predicted octanol–water partition coefficient (Wildman–Crippen LogP) is 5.58. The number of carbonyl (C=O) groups is 1. The zero-order valence-corrected chi connectivity index (χ0v) is 15.4. The van der Waals surface area contributed by atoms with Gasteiger partial charge in [0.1, 0.15) is 18.0 Å². The van der Waals surface area contributed by atoms with Gasteiger partial charge in [-0.3, -0.25) is 4.79 Å². The number of rotatable bonds is 4. The molecule has 0 aliphatic heterocycles. The van der Waals surface area contributed by atoms with Gasteiger partial charge in [-0.1, -0.05) is 12.1 Å². The Balaban J connectivity index is 1.42. The van der Waals surface area contributed by atoms with E-state index in [2.05, 4.69) is 0 Å². The van der Waals surface area contributed by atoms with Crippen LogP contribution in [0.2, 0.25) is 0 Å². The topological polar surface area (TPSA) is 50.1 Å². The summed E-state index contributed by atoms with van der Waals surface area (Å²) in [5, 5.41) is 8.50. The van der Waals surface area contributed by atoms with E-state index in [0.29, 0.717) is 5.92 Å². The Bertz CT molecular complexity index is 707. The molecule has 2 aliphatic carbocycles. The summed E-state index contributed by atoms with van der Waals surface area (Å²) in [6.45, 7) is 0. The van der Waals surface area contributed by atoms with Crippen molar-refractivity contribution in [3.63, 3.8) is 0 Å². The SMILES string of the molecule is N#CC(F)=C[C@H]1CC[C@H](OC(=O)[C@H]2CC[C@H](c3ccc(F)cc3)CC2)CC1. The number of hydrogen-bond acceptors (Lipinski definition) is 3. The Morgan fingerprint density at radius 3 is 2.26 bits per heavy atom. The van der Waals surface area contributed by atoms with Crippen LogP contribution in [0.3, 0.4) is 0 Å². The summed E-state index contributed by atoms with van der Waals surface area (Å²) in [4.78, 5) is 12.5. The van der Waals surface area contributed by atoms with Gasteiger partial charge in [0.15, 0.2) is 5.83 Å². The minimum absolute atomic E-state index is 0.0599. The maximum Gasteiger partial charge on any atom is 0.309 e. The first-order chi connectivity index (χ1) is 13.0. The fourth-order valence-corrected chi connectivity index (χ4v) is 4.28. The van der Waals surface area contributed by atoms with Gasteiger partial charge in [0.05, 0.1) is 5.92 Å². The second kappa shape index (κ2) is 9.12. The smallest absolute Gasteiger partial charge is 0.309 e. The molecular weight excluding hydrogens is 348 g/mol. The van der Waals surface area contributed by atoms with Gasteiger partial charge in [-0.15, -0.1) is 0 Å². The summed E-state index contributed by atoms with van der Waals surface area (Å²) in [5.74, 6) is -0.687. The van der Waals surface area contributed by atoms with Crippen LogP contribution in [0.4, 0.5) is 8.78 Å². The van der Waals surface area contributed by atoms with Gasteiger partial charge in [-0.2, -0.15) is 9.65 Å². The zero-order chi connectivity index (χ0) is 19.2. The highest BCUT2D eigenvalue weighted by atomic mass is 19.1. The first-order valence-electron chi connectivity index (χ1n) is 9.78. The van der Waals surface area contributed by atoms with Crippen LogP contribution in [0.1, 0.15) is 62.8 Å². The lowest BCUT2D eigenvalue weighted by molar-refractivity contribution is -0.157. The van der Waals surface area contributed by atoms with Crippen LogP contribution in [0.5, 0.6) is 0 Å². The Morgan fingerprint density at radius 1 is 1.04 bits per heavy atom. The van der Waals surface area contributed by atoms with Crippen LogP contribution in [-0.2, 0) is 9.53 Å². The van der Waals surface area contributed by atoms with E-state index in [1.165, 1.54) is 24.3 Å². The molecule has 0 spiro atoms. The van der Waals surface area contributed by atoms with Crippen molar-refractivity contribution in [1.29, 1.82) is 5.26 Å². The van der Waals surface area contributed by atoms with Crippen molar-refractivity contribution in [3.8, 4) is 6.07 Å². The Kier molecular flexibility index (Phi) is 6.60. The van der Waals surface area contributed by atoms with Crippen LogP contribution in [0.15, 0.2) is 36.2 Å². The van der Waals surface area contributed by atoms with Gasteiger partial charge in [0, 0.05) is 0 Å². The third-order valence-corrected chi connectivity index (χ3v) is 5.89. The van der Waals surface area contributed by atoms with Gasteiger partial charge >= 0.3 is 5.97 Å². The zero-order valence-electron chi connectivity index (χ0n) is 15.4. The predicted molar refractivity (Wildman–Crippen MR) is 97.7 cm³/mol. The summed E-state index contributed by atoms with van der Waals surface area (Å²) >= 11 is 0. The maximum absolute atomic E-state index is 13.1. The van der Waals surface area contributed by atoms with Gasteiger partial charge in [0.25, 0.3) is 0 Å². The molecule has 2 saturated carbocycles. The number of halogens is 2. The number of hydrogen-bond donors (Lipinski definition) is 0. The van der Waals surface area contributed by atoms with Crippen LogP contribution in [0, 0.1) is 29.0 Å². The fraction of sp³-hybridized carbons (Fsp3) is 0.545. The molecule has 0 heterocycles. The molecule has 0 saturated heterocycles. The summed E-state index contributed by atoms with van der Waals surface area (Å²) in [7, 11) is 0. The highest BCUT2D eigenvalue weighted by Crippen LogP contribution is 2.37. The average molecular weight is 373 g/mol. The second-order valence-corrected chi connectivity index (χ2v) is 7.70. The van der Waals surface area contributed by atoms with E-state index in [1.54, 1.807) is 0 Å². The monoisotopic (exact) mass is 373 g/mol. The standard InChI is InChI=1S/C22H25F2NO2/c23-19-9-7-17(8-10-19)16-3-5-18(6-4-16)22(26)27-21-11-1-15(2-12-21)13-20(24)14-25/h7-10,13,15-16,18,21H,1-6,11-12H2/t15-,16-,18-,21-. The molecule has 2 fully saturated rings. The number of ether oxygens (including phenoxy) is 1. The summed E-state index contributed by atoms with van der Waals surface area (Å²) in [6.07, 6.45) is 7.63. The number of allylic oxidation sites excluding steroid dienone is 2. The van der Waals surface area contributed by atoms with Gasteiger partial charge in [0.2, 0.25) is 0 Å². The van der Waals surface area contributed by atoms with Crippen LogP contribution in [-0.4, -0.2) is 12.1 Å². The highest BCUT2D eigenvalue weighted by Gasteiger charge is 2.31. The minimum atomic E-state index is -0.728. The van der Waals surface area contributed by atoms with E-state index >= 15 is 0 Å². The fourth-order valence-electron chi connectivity index (χ4n) is 4.28. The number of benzene rings is 1. The van der Waals surface area contributed by atoms with Crippen molar-refractivity contribution in [1.82, 2.24) is 0 Å². The normalized spacial score (nSPS) is 29.0. The Labute approximate surface area is 159 Å². The van der Waals surface area contributed by atoms with Gasteiger partial charge in [-0.25, -0.2) is 4.39 Å². The molecule has 3 rings (SSSR count). The summed E-state index contributed by atoms with van der Waals surface area (Å²) in [6, 6.07) is 8.15. The van der Waals surface area contributed by atoms with Gasteiger partial charge < -0.3 is 4.74 Å². The largest absolute Gasteiger partial charge is 0.462 e. The van der Waals surface area contributed by atoms with Crippen molar-refractivity contribution in [2.45, 2.75) is 63.4 Å². The third kappa shape index (κ3) is 5.38. The van der Waals surface area contributed by atoms with E-state index in [-0.39, 0.29) is 29.7 Å². The number of nitriles is 1. The molecule has 0 atom stereocenters. The molecular formula is C22H25F2NO2. The molecule has 0 amide bonds. The van der Waals surface area contributed by atoms with E-state index in [4.69, 9.17) is 10.00 Å². The molecule has 2 aliphatic rings. The second-order valence-electron chi connectivity index (χ2n) is 7.70. The molecule has 27 heavy (non-hydrogen) atoms. The molecule has 0 N–H and O–H groups in total. The Morgan fingerprint density at radius 2 is 1.67 bits per heavy atom. The molecule has 0 radical (unpaired) electrons. The summed E-state index contributed by atoms with van der Waals surface area (Å²) < 4.78 is 31.8. The highest BCUT2D eigenvalue weighted by molar-refractivity contribution is 5.72. The Hall–Kier alpha value is -2.22.